The van der Waals surface area contributed by atoms with E-state index in [9.17, 15) is 0 Å². The van der Waals surface area contributed by atoms with E-state index >= 15 is 0 Å². The minimum atomic E-state index is 0.364. The summed E-state index contributed by atoms with van der Waals surface area (Å²) in [7, 11) is 1.86. The van der Waals surface area contributed by atoms with Crippen LogP contribution >= 0.6 is 11.6 Å². The second-order valence-electron chi connectivity index (χ2n) is 4.68. The van der Waals surface area contributed by atoms with E-state index < -0.39 is 0 Å². The van der Waals surface area contributed by atoms with Gasteiger partial charge < -0.3 is 0 Å². The van der Waals surface area contributed by atoms with Crippen LogP contribution in [0.1, 0.15) is 31.9 Å². The summed E-state index contributed by atoms with van der Waals surface area (Å²) in [5, 5.41) is 8.79. The monoisotopic (exact) mass is 227 g/mol. The Labute approximate surface area is 95.8 Å². The summed E-state index contributed by atoms with van der Waals surface area (Å²) in [6, 6.07) is 0. The second-order valence-corrected chi connectivity index (χ2v) is 5.29. The van der Waals surface area contributed by atoms with E-state index in [4.69, 9.17) is 11.6 Å². The molecule has 0 aromatic carbocycles. The molecule has 1 aliphatic rings. The van der Waals surface area contributed by atoms with Crippen molar-refractivity contribution in [1.82, 2.24) is 15.0 Å². The molecule has 3 atom stereocenters. The van der Waals surface area contributed by atoms with Gasteiger partial charge in [-0.25, -0.2) is 0 Å². The summed E-state index contributed by atoms with van der Waals surface area (Å²) < 4.78 is 0. The zero-order valence-electron chi connectivity index (χ0n) is 9.36. The molecule has 0 aliphatic heterocycles. The highest BCUT2D eigenvalue weighted by Crippen LogP contribution is 2.34. The third-order valence-electron chi connectivity index (χ3n) is 3.42. The number of halogens is 1. The Morgan fingerprint density at radius 3 is 3.00 bits per heavy atom. The summed E-state index contributed by atoms with van der Waals surface area (Å²) in [5.41, 5.74) is 1.10. The molecule has 1 aromatic rings. The molecule has 3 nitrogen and oxygen atoms in total. The van der Waals surface area contributed by atoms with Gasteiger partial charge in [0.05, 0.1) is 11.9 Å². The highest BCUT2D eigenvalue weighted by atomic mass is 35.5. The molecule has 0 bridgehead atoms. The molecular formula is C11H18ClN3. The lowest BCUT2D eigenvalue weighted by Gasteiger charge is -2.31. The van der Waals surface area contributed by atoms with Crippen LogP contribution in [0, 0.1) is 11.8 Å². The van der Waals surface area contributed by atoms with Crippen molar-refractivity contribution in [1.29, 1.82) is 0 Å². The fourth-order valence-electron chi connectivity index (χ4n) is 2.39. The van der Waals surface area contributed by atoms with Gasteiger partial charge in [0.1, 0.15) is 0 Å². The van der Waals surface area contributed by atoms with Crippen molar-refractivity contribution in [2.45, 2.75) is 38.0 Å². The average molecular weight is 228 g/mol. The lowest BCUT2D eigenvalue weighted by atomic mass is 9.78. The van der Waals surface area contributed by atoms with Crippen molar-refractivity contribution in [2.75, 3.05) is 0 Å². The van der Waals surface area contributed by atoms with Gasteiger partial charge in [0.15, 0.2) is 0 Å². The fraction of sp³-hybridized carbons (Fsp3) is 0.818. The van der Waals surface area contributed by atoms with E-state index in [2.05, 4.69) is 17.1 Å². The van der Waals surface area contributed by atoms with E-state index in [0.29, 0.717) is 11.3 Å². The number of hydrogen-bond donors (Lipinski definition) is 0. The maximum Gasteiger partial charge on any atom is 0.0830 e. The molecule has 1 saturated carbocycles. The predicted molar refractivity (Wildman–Crippen MR) is 60.9 cm³/mol. The van der Waals surface area contributed by atoms with Crippen molar-refractivity contribution in [3.05, 3.63) is 11.9 Å². The van der Waals surface area contributed by atoms with E-state index in [1.807, 2.05) is 13.2 Å². The molecule has 2 rings (SSSR count). The largest absolute Gasteiger partial charge is 0.188 e. The molecule has 15 heavy (non-hydrogen) atoms. The molecule has 1 heterocycles. The van der Waals surface area contributed by atoms with Crippen LogP contribution in [0.2, 0.25) is 0 Å². The van der Waals surface area contributed by atoms with Crippen LogP contribution in [0.4, 0.5) is 0 Å². The first-order chi connectivity index (χ1) is 7.15. The first-order valence-corrected chi connectivity index (χ1v) is 6.08. The van der Waals surface area contributed by atoms with Crippen LogP contribution in [0.25, 0.3) is 0 Å². The normalized spacial score (nSPS) is 31.8. The summed E-state index contributed by atoms with van der Waals surface area (Å²) in [4.78, 5) is 1.63. The predicted octanol–water partition coefficient (Wildman–Crippen LogP) is 2.40. The standard InChI is InChI=1S/C11H18ClN3/c1-8-3-4-10(12)5-9(8)6-11-7-13-15(2)14-11/h7-10H,3-6H2,1-2H3. The van der Waals surface area contributed by atoms with Gasteiger partial charge in [-0.3, -0.25) is 0 Å². The maximum atomic E-state index is 6.21. The number of aryl methyl sites for hydroxylation is 1. The summed E-state index contributed by atoms with van der Waals surface area (Å²) >= 11 is 6.21. The van der Waals surface area contributed by atoms with E-state index in [0.717, 1.165) is 24.5 Å². The van der Waals surface area contributed by atoms with Gasteiger partial charge in [-0.05, 0) is 37.5 Å². The first-order valence-electron chi connectivity index (χ1n) is 5.64. The minimum Gasteiger partial charge on any atom is -0.188 e. The quantitative estimate of drug-likeness (QED) is 0.727. The van der Waals surface area contributed by atoms with Crippen molar-refractivity contribution in [3.8, 4) is 0 Å². The number of nitrogens with zero attached hydrogens (tertiary/aromatic N) is 3. The van der Waals surface area contributed by atoms with Crippen LogP contribution in [-0.4, -0.2) is 20.4 Å². The Morgan fingerprint density at radius 2 is 2.33 bits per heavy atom. The lowest BCUT2D eigenvalue weighted by molar-refractivity contribution is 0.256. The second kappa shape index (κ2) is 4.52. The maximum absolute atomic E-state index is 6.21. The van der Waals surface area contributed by atoms with Crippen LogP contribution in [0.15, 0.2) is 6.20 Å². The van der Waals surface area contributed by atoms with Crippen LogP contribution < -0.4 is 0 Å². The molecule has 4 heteroatoms. The fourth-order valence-corrected chi connectivity index (χ4v) is 2.75. The molecule has 0 radical (unpaired) electrons. The smallest absolute Gasteiger partial charge is 0.0830 e. The van der Waals surface area contributed by atoms with Crippen LogP contribution in [0.3, 0.4) is 0 Å². The zero-order chi connectivity index (χ0) is 10.8. The van der Waals surface area contributed by atoms with Gasteiger partial charge in [-0.2, -0.15) is 15.0 Å². The molecule has 0 N–H and O–H groups in total. The molecule has 3 unspecified atom stereocenters. The summed E-state index contributed by atoms with van der Waals surface area (Å²) in [6.07, 6.45) is 6.43. The first kappa shape index (κ1) is 10.9. The van der Waals surface area contributed by atoms with E-state index in [-0.39, 0.29) is 0 Å². The van der Waals surface area contributed by atoms with Gasteiger partial charge in [-0.15, -0.1) is 11.6 Å². The lowest BCUT2D eigenvalue weighted by Crippen LogP contribution is -2.25. The number of alkyl halides is 1. The van der Waals surface area contributed by atoms with E-state index in [1.165, 1.54) is 12.8 Å². The van der Waals surface area contributed by atoms with Crippen LogP contribution in [-0.2, 0) is 13.5 Å². The minimum absolute atomic E-state index is 0.364. The molecule has 1 fully saturated rings. The zero-order valence-corrected chi connectivity index (χ0v) is 10.1. The number of rotatable bonds is 2. The van der Waals surface area contributed by atoms with Gasteiger partial charge in [0.2, 0.25) is 0 Å². The Morgan fingerprint density at radius 1 is 1.53 bits per heavy atom. The SMILES string of the molecule is CC1CCC(Cl)CC1Cc1cnn(C)n1. The molecule has 0 amide bonds. The summed E-state index contributed by atoms with van der Waals surface area (Å²) in [5.74, 6) is 1.44. The topological polar surface area (TPSA) is 30.7 Å². The van der Waals surface area contributed by atoms with Gasteiger partial charge in [0, 0.05) is 12.4 Å². The van der Waals surface area contributed by atoms with E-state index in [1.54, 1.807) is 4.80 Å². The molecule has 84 valence electrons. The van der Waals surface area contributed by atoms with Gasteiger partial charge >= 0.3 is 0 Å². The molecule has 0 spiro atoms. The molecule has 1 aliphatic carbocycles. The highest BCUT2D eigenvalue weighted by Gasteiger charge is 2.27. The van der Waals surface area contributed by atoms with Crippen LogP contribution in [0.5, 0.6) is 0 Å². The molecule has 1 aromatic heterocycles. The Balaban J connectivity index is 1.98. The van der Waals surface area contributed by atoms with Gasteiger partial charge in [-0.1, -0.05) is 6.92 Å². The van der Waals surface area contributed by atoms with Crippen molar-refractivity contribution < 1.29 is 0 Å². The number of hydrogen-bond acceptors (Lipinski definition) is 2. The Hall–Kier alpha value is -0.570. The van der Waals surface area contributed by atoms with Gasteiger partial charge in [0.25, 0.3) is 0 Å². The highest BCUT2D eigenvalue weighted by molar-refractivity contribution is 6.20. The average Bonchev–Trinajstić information content (AvgIpc) is 2.58. The van der Waals surface area contributed by atoms with Crippen molar-refractivity contribution >= 4 is 11.6 Å². The molecule has 0 saturated heterocycles. The summed E-state index contributed by atoms with van der Waals surface area (Å²) in [6.45, 7) is 2.32. The number of aromatic nitrogens is 3. The third kappa shape index (κ3) is 2.71. The third-order valence-corrected chi connectivity index (χ3v) is 3.81. The van der Waals surface area contributed by atoms with Crippen molar-refractivity contribution in [2.24, 2.45) is 18.9 Å². The van der Waals surface area contributed by atoms with Crippen molar-refractivity contribution in [3.63, 3.8) is 0 Å². The molecular weight excluding hydrogens is 210 g/mol. The Bertz CT molecular complexity index is 323. The Kier molecular flexibility index (Phi) is 3.29.